The molecule has 0 saturated heterocycles. The highest BCUT2D eigenvalue weighted by molar-refractivity contribution is 5.73. The first-order valence-electron chi connectivity index (χ1n) is 6.83. The Morgan fingerprint density at radius 3 is 2.48 bits per heavy atom. The summed E-state index contributed by atoms with van der Waals surface area (Å²) in [5.41, 5.74) is 2.45. The van der Waals surface area contributed by atoms with Gasteiger partial charge in [0.2, 0.25) is 0 Å². The van der Waals surface area contributed by atoms with E-state index in [1.54, 1.807) is 13.0 Å². The van der Waals surface area contributed by atoms with Crippen LogP contribution in [0.1, 0.15) is 25.5 Å². The molecule has 0 radical (unpaired) electrons. The van der Waals surface area contributed by atoms with Crippen molar-refractivity contribution < 1.29 is 9.53 Å². The first-order valence-corrected chi connectivity index (χ1v) is 6.83. The van der Waals surface area contributed by atoms with E-state index >= 15 is 0 Å². The van der Waals surface area contributed by atoms with E-state index < -0.39 is 12.0 Å². The largest absolute Gasteiger partial charge is 0.467 e. The maximum absolute atomic E-state index is 11.9. The summed E-state index contributed by atoms with van der Waals surface area (Å²) in [6.07, 6.45) is 0.965. The number of ether oxygens (including phenoxy) is 1. The SMILES string of the molecule is CCc1ccc(-c2ccc(=O)n(C(C)C(=O)OC)n2)cc1. The molecule has 0 aliphatic heterocycles. The molecule has 0 N–H and O–H groups in total. The quantitative estimate of drug-likeness (QED) is 0.808. The topological polar surface area (TPSA) is 61.2 Å². The van der Waals surface area contributed by atoms with Crippen LogP contribution in [0.5, 0.6) is 0 Å². The normalized spacial score (nSPS) is 12.0. The zero-order chi connectivity index (χ0) is 15.4. The highest BCUT2D eigenvalue weighted by atomic mass is 16.5. The molecule has 2 rings (SSSR count). The minimum atomic E-state index is -0.752. The van der Waals surface area contributed by atoms with Crippen molar-refractivity contribution in [3.63, 3.8) is 0 Å². The van der Waals surface area contributed by atoms with Crippen LogP contribution in [0.3, 0.4) is 0 Å². The average molecular weight is 286 g/mol. The summed E-state index contributed by atoms with van der Waals surface area (Å²) in [7, 11) is 1.29. The van der Waals surface area contributed by atoms with E-state index in [-0.39, 0.29) is 5.56 Å². The van der Waals surface area contributed by atoms with E-state index in [0.717, 1.165) is 16.7 Å². The van der Waals surface area contributed by atoms with Gasteiger partial charge in [-0.05, 0) is 25.0 Å². The molecule has 5 nitrogen and oxygen atoms in total. The van der Waals surface area contributed by atoms with Gasteiger partial charge in [0.05, 0.1) is 12.8 Å². The summed E-state index contributed by atoms with van der Waals surface area (Å²) >= 11 is 0. The molecule has 1 aromatic carbocycles. The highest BCUT2D eigenvalue weighted by Crippen LogP contribution is 2.17. The van der Waals surface area contributed by atoms with Crippen LogP contribution >= 0.6 is 0 Å². The number of nitrogens with zero attached hydrogens (tertiary/aromatic N) is 2. The van der Waals surface area contributed by atoms with Gasteiger partial charge in [-0.1, -0.05) is 31.2 Å². The second-order valence-corrected chi connectivity index (χ2v) is 4.75. The van der Waals surface area contributed by atoms with Gasteiger partial charge in [0.25, 0.3) is 5.56 Å². The van der Waals surface area contributed by atoms with Gasteiger partial charge in [-0.3, -0.25) is 4.79 Å². The summed E-state index contributed by atoms with van der Waals surface area (Å²) in [4.78, 5) is 23.4. The van der Waals surface area contributed by atoms with Gasteiger partial charge in [-0.25, -0.2) is 9.48 Å². The lowest BCUT2D eigenvalue weighted by Crippen LogP contribution is -2.30. The van der Waals surface area contributed by atoms with Gasteiger partial charge in [-0.15, -0.1) is 0 Å². The molecule has 0 saturated carbocycles. The smallest absolute Gasteiger partial charge is 0.330 e. The van der Waals surface area contributed by atoms with Gasteiger partial charge < -0.3 is 4.74 Å². The average Bonchev–Trinajstić information content (AvgIpc) is 2.54. The molecule has 21 heavy (non-hydrogen) atoms. The van der Waals surface area contributed by atoms with Crippen molar-refractivity contribution in [1.82, 2.24) is 9.78 Å². The molecule has 0 fully saturated rings. The van der Waals surface area contributed by atoms with Crippen LogP contribution in [0.4, 0.5) is 0 Å². The van der Waals surface area contributed by atoms with Gasteiger partial charge in [0.15, 0.2) is 6.04 Å². The molecule has 0 aliphatic carbocycles. The second-order valence-electron chi connectivity index (χ2n) is 4.75. The van der Waals surface area contributed by atoms with Crippen LogP contribution in [0.2, 0.25) is 0 Å². The Kier molecular flexibility index (Phi) is 4.52. The fourth-order valence-corrected chi connectivity index (χ4v) is 2.04. The van der Waals surface area contributed by atoms with E-state index in [2.05, 4.69) is 16.8 Å². The molecule has 110 valence electrons. The number of esters is 1. The Bertz CT molecular complexity index is 689. The standard InChI is InChI=1S/C16H18N2O3/c1-4-12-5-7-13(8-6-12)14-9-10-15(19)18(17-14)11(2)16(20)21-3/h5-11H,4H2,1-3H3. The predicted octanol–water partition coefficient (Wildman–Crippen LogP) is 2.21. The lowest BCUT2D eigenvalue weighted by molar-refractivity contribution is -0.144. The van der Waals surface area contributed by atoms with Crippen LogP contribution in [-0.2, 0) is 16.0 Å². The van der Waals surface area contributed by atoms with E-state index in [0.29, 0.717) is 5.69 Å². The first-order chi connectivity index (χ1) is 10.1. The predicted molar refractivity (Wildman–Crippen MR) is 80.0 cm³/mol. The van der Waals surface area contributed by atoms with Crippen LogP contribution in [0.25, 0.3) is 11.3 Å². The third-order valence-electron chi connectivity index (χ3n) is 3.39. The molecule has 0 bridgehead atoms. The Morgan fingerprint density at radius 1 is 1.24 bits per heavy atom. The van der Waals surface area contributed by atoms with Crippen LogP contribution in [-0.4, -0.2) is 22.9 Å². The Balaban J connectivity index is 2.42. The van der Waals surface area contributed by atoms with Crippen molar-refractivity contribution in [2.45, 2.75) is 26.3 Å². The lowest BCUT2D eigenvalue weighted by atomic mass is 10.1. The Labute approximate surface area is 123 Å². The molecule has 5 heteroatoms. The summed E-state index contributed by atoms with van der Waals surface area (Å²) in [6, 6.07) is 10.3. The molecule has 0 amide bonds. The molecule has 1 atom stereocenters. The van der Waals surface area contributed by atoms with Crippen molar-refractivity contribution >= 4 is 5.97 Å². The summed E-state index contributed by atoms with van der Waals surface area (Å²) in [6.45, 7) is 3.68. The molecule has 0 spiro atoms. The van der Waals surface area contributed by atoms with E-state index in [1.807, 2.05) is 24.3 Å². The molecule has 1 unspecified atom stereocenters. The van der Waals surface area contributed by atoms with Gasteiger partial charge in [0, 0.05) is 11.6 Å². The van der Waals surface area contributed by atoms with E-state index in [9.17, 15) is 9.59 Å². The maximum Gasteiger partial charge on any atom is 0.330 e. The number of rotatable bonds is 4. The fourth-order valence-electron chi connectivity index (χ4n) is 2.04. The number of carbonyl (C=O) groups excluding carboxylic acids is 1. The Hall–Kier alpha value is -2.43. The number of carbonyl (C=O) groups is 1. The summed E-state index contributed by atoms with van der Waals surface area (Å²) in [5, 5.41) is 4.27. The lowest BCUT2D eigenvalue weighted by Gasteiger charge is -2.12. The van der Waals surface area contributed by atoms with Gasteiger partial charge in [-0.2, -0.15) is 5.10 Å². The zero-order valence-corrected chi connectivity index (χ0v) is 12.4. The maximum atomic E-state index is 11.9. The van der Waals surface area contributed by atoms with Crippen LogP contribution in [0, 0.1) is 0 Å². The summed E-state index contributed by atoms with van der Waals surface area (Å²) in [5.74, 6) is -0.497. The number of hydrogen-bond acceptors (Lipinski definition) is 4. The molecule has 2 aromatic rings. The number of aromatic nitrogens is 2. The number of aryl methyl sites for hydroxylation is 1. The van der Waals surface area contributed by atoms with Crippen LogP contribution in [0.15, 0.2) is 41.2 Å². The van der Waals surface area contributed by atoms with Crippen molar-refractivity contribution in [2.75, 3.05) is 7.11 Å². The van der Waals surface area contributed by atoms with Gasteiger partial charge in [0.1, 0.15) is 0 Å². The highest BCUT2D eigenvalue weighted by Gasteiger charge is 2.18. The second kappa shape index (κ2) is 6.35. The van der Waals surface area contributed by atoms with Crippen molar-refractivity contribution in [1.29, 1.82) is 0 Å². The molecular formula is C16H18N2O3. The zero-order valence-electron chi connectivity index (χ0n) is 12.4. The first kappa shape index (κ1) is 15.0. The number of benzene rings is 1. The molecule has 1 aromatic heterocycles. The minimum absolute atomic E-state index is 0.332. The molecule has 0 aliphatic rings. The minimum Gasteiger partial charge on any atom is -0.467 e. The fraction of sp³-hybridized carbons (Fsp3) is 0.312. The third-order valence-corrected chi connectivity index (χ3v) is 3.39. The number of methoxy groups -OCH3 is 1. The van der Waals surface area contributed by atoms with Crippen molar-refractivity contribution in [2.24, 2.45) is 0 Å². The van der Waals surface area contributed by atoms with Crippen molar-refractivity contribution in [3.8, 4) is 11.3 Å². The summed E-state index contributed by atoms with van der Waals surface area (Å²) < 4.78 is 5.81. The number of hydrogen-bond donors (Lipinski definition) is 0. The van der Waals surface area contributed by atoms with E-state index in [4.69, 9.17) is 0 Å². The van der Waals surface area contributed by atoms with Gasteiger partial charge >= 0.3 is 5.97 Å². The Morgan fingerprint density at radius 2 is 1.90 bits per heavy atom. The van der Waals surface area contributed by atoms with Crippen molar-refractivity contribution in [3.05, 3.63) is 52.3 Å². The molecular weight excluding hydrogens is 268 g/mol. The van der Waals surface area contributed by atoms with E-state index in [1.165, 1.54) is 18.7 Å². The third kappa shape index (κ3) is 3.18. The molecule has 1 heterocycles. The monoisotopic (exact) mass is 286 g/mol. The van der Waals surface area contributed by atoms with Crippen LogP contribution < -0.4 is 5.56 Å².